The molecule has 0 aliphatic carbocycles. The van der Waals surface area contributed by atoms with E-state index in [-0.39, 0.29) is 48.8 Å². The number of amides is 1. The molecule has 3 N–H and O–H groups in total. The molecule has 0 radical (unpaired) electrons. The van der Waals surface area contributed by atoms with Crippen LogP contribution in [0.1, 0.15) is 5.56 Å². The number of fused-ring (bicyclic) bond motifs is 1. The van der Waals surface area contributed by atoms with Crippen molar-refractivity contribution in [2.75, 3.05) is 11.1 Å². The molecule has 2 aromatic rings. The number of rotatable bonds is 5. The topological polar surface area (TPSA) is 97.6 Å². The monoisotopic (exact) mass is 548 g/mol. The van der Waals surface area contributed by atoms with E-state index in [1.807, 2.05) is 0 Å². The molecule has 1 aromatic heterocycles. The van der Waals surface area contributed by atoms with Crippen molar-refractivity contribution in [3.8, 4) is 5.75 Å². The lowest BCUT2D eigenvalue weighted by Gasteiger charge is -2.39. The molecule has 1 unspecified atom stereocenters. The van der Waals surface area contributed by atoms with Gasteiger partial charge >= 0.3 is 6.36 Å². The number of carbonyl (C=O) groups is 2. The summed E-state index contributed by atoms with van der Waals surface area (Å²) < 4.78 is 41.2. The predicted molar refractivity (Wildman–Crippen MR) is 131 cm³/mol. The Morgan fingerprint density at radius 1 is 1.23 bits per heavy atom. The fraction of sp³-hybridized carbons (Fsp3) is 0.227. The number of nitrogens with two attached hydrogens (primary N) is 1. The maximum Gasteiger partial charge on any atom is 0.573 e. The highest BCUT2D eigenvalue weighted by Gasteiger charge is 2.39. The molecule has 1 saturated heterocycles. The van der Waals surface area contributed by atoms with Crippen molar-refractivity contribution < 1.29 is 27.5 Å². The minimum atomic E-state index is -4.78. The Labute approximate surface area is 215 Å². The zero-order chi connectivity index (χ0) is 23.6. The number of ketones is 1. The van der Waals surface area contributed by atoms with Gasteiger partial charge in [0.15, 0.2) is 5.78 Å². The summed E-state index contributed by atoms with van der Waals surface area (Å²) in [5.74, 6) is -0.504. The van der Waals surface area contributed by atoms with E-state index in [1.165, 1.54) is 42.2 Å². The summed E-state index contributed by atoms with van der Waals surface area (Å²) in [6.07, 6.45) is 1.55. The number of Topliss-reactive ketones (excluding diaryl/α,β-unsaturated/α-hetero) is 1. The molecule has 2 aliphatic heterocycles. The van der Waals surface area contributed by atoms with Crippen LogP contribution in [0.15, 0.2) is 71.5 Å². The number of hydrogen-bond donors (Lipinski definition) is 2. The number of nitrogens with one attached hydrogen (secondary N) is 1. The van der Waals surface area contributed by atoms with Crippen LogP contribution in [0, 0.1) is 0 Å². The van der Waals surface area contributed by atoms with Crippen molar-refractivity contribution in [2.24, 2.45) is 5.73 Å². The summed E-state index contributed by atoms with van der Waals surface area (Å²) in [5, 5.41) is 2.76. The molecule has 3 heterocycles. The average Bonchev–Trinajstić information content (AvgIpc) is 2.77. The van der Waals surface area contributed by atoms with Crippen LogP contribution in [0.3, 0.4) is 0 Å². The maximum atomic E-state index is 12.8. The van der Waals surface area contributed by atoms with Gasteiger partial charge in [-0.05, 0) is 35.9 Å². The van der Waals surface area contributed by atoms with Gasteiger partial charge in [-0.25, -0.2) is 0 Å². The number of benzene rings is 1. The SMILES string of the molecule is Cl.Cl.N[C@H]1CSC2=CC(C(=O)Nc3cccnc3)=CN(Cc3ccc(OC(F)(F)F)cc3)C2C1=O. The Bertz CT molecular complexity index is 1120. The molecule has 1 aromatic carbocycles. The van der Waals surface area contributed by atoms with E-state index in [1.54, 1.807) is 35.5 Å². The third-order valence-electron chi connectivity index (χ3n) is 4.97. The molecular weight excluding hydrogens is 528 g/mol. The standard InChI is InChI=1S/C22H19F3N4O3S.2ClH/c23-22(24,25)32-16-5-3-13(4-6-16)10-29-11-14(21(31)28-15-2-1-7-27-9-15)8-18-19(29)20(30)17(26)12-33-18;;/h1-9,11,17,19H,10,12,26H2,(H,28,31);2*1H/t17-,19?;;/m0../s1. The number of anilines is 1. The smallest absolute Gasteiger partial charge is 0.406 e. The lowest BCUT2D eigenvalue weighted by Crippen LogP contribution is -2.52. The Morgan fingerprint density at radius 3 is 2.57 bits per heavy atom. The molecule has 35 heavy (non-hydrogen) atoms. The first kappa shape index (κ1) is 28.5. The van der Waals surface area contributed by atoms with E-state index in [0.717, 1.165) is 0 Å². The molecule has 7 nitrogen and oxygen atoms in total. The second kappa shape index (κ2) is 11.8. The molecule has 0 spiro atoms. The summed E-state index contributed by atoms with van der Waals surface area (Å²) >= 11 is 1.40. The van der Waals surface area contributed by atoms with E-state index < -0.39 is 18.4 Å². The number of carbonyl (C=O) groups excluding carboxylic acids is 2. The van der Waals surface area contributed by atoms with Crippen LogP contribution < -0.4 is 15.8 Å². The molecule has 0 saturated carbocycles. The number of alkyl halides is 3. The van der Waals surface area contributed by atoms with Crippen molar-refractivity contribution in [3.05, 3.63) is 77.1 Å². The van der Waals surface area contributed by atoms with Crippen LogP contribution in [0.5, 0.6) is 5.75 Å². The molecular formula is C22H21Cl2F3N4O3S. The quantitative estimate of drug-likeness (QED) is 0.581. The summed E-state index contributed by atoms with van der Waals surface area (Å²) in [5.41, 5.74) is 7.44. The Hall–Kier alpha value is -2.73. The zero-order valence-electron chi connectivity index (χ0n) is 17.9. The van der Waals surface area contributed by atoms with Gasteiger partial charge in [0, 0.05) is 29.6 Å². The van der Waals surface area contributed by atoms with Crippen LogP contribution in [0.4, 0.5) is 18.9 Å². The largest absolute Gasteiger partial charge is 0.573 e. The van der Waals surface area contributed by atoms with Gasteiger partial charge in [-0.15, -0.1) is 49.7 Å². The third kappa shape index (κ3) is 7.14. The number of hydrogen-bond acceptors (Lipinski definition) is 7. The molecule has 1 amide bonds. The van der Waals surface area contributed by atoms with Gasteiger partial charge < -0.3 is 20.7 Å². The molecule has 4 rings (SSSR count). The molecule has 0 bridgehead atoms. The van der Waals surface area contributed by atoms with E-state index in [0.29, 0.717) is 27.5 Å². The van der Waals surface area contributed by atoms with Crippen molar-refractivity contribution in [1.82, 2.24) is 9.88 Å². The van der Waals surface area contributed by atoms with Gasteiger partial charge in [0.1, 0.15) is 11.8 Å². The summed E-state index contributed by atoms with van der Waals surface area (Å²) in [6.45, 7) is 0.178. The van der Waals surface area contributed by atoms with Crippen LogP contribution in [0.2, 0.25) is 0 Å². The normalized spacial score (nSPS) is 19.3. The Balaban J connectivity index is 0.00000216. The molecule has 13 heteroatoms. The van der Waals surface area contributed by atoms with Gasteiger partial charge in [0.05, 0.1) is 23.5 Å². The molecule has 188 valence electrons. The number of pyridine rings is 1. The second-order valence-corrected chi connectivity index (χ2v) is 8.51. The van der Waals surface area contributed by atoms with Gasteiger partial charge in [-0.2, -0.15) is 0 Å². The fourth-order valence-corrected chi connectivity index (χ4v) is 4.65. The van der Waals surface area contributed by atoms with Gasteiger partial charge in [0.25, 0.3) is 5.91 Å². The zero-order valence-corrected chi connectivity index (χ0v) is 20.3. The number of ether oxygens (including phenoxy) is 1. The highest BCUT2D eigenvalue weighted by molar-refractivity contribution is 8.03. The minimum absolute atomic E-state index is 0. The number of halogens is 5. The van der Waals surface area contributed by atoms with E-state index in [4.69, 9.17) is 5.73 Å². The van der Waals surface area contributed by atoms with Crippen LogP contribution in [-0.4, -0.2) is 45.8 Å². The molecule has 2 atom stereocenters. The maximum absolute atomic E-state index is 12.8. The number of aromatic nitrogens is 1. The van der Waals surface area contributed by atoms with Crippen LogP contribution in [-0.2, 0) is 16.1 Å². The van der Waals surface area contributed by atoms with E-state index >= 15 is 0 Å². The number of nitrogens with zero attached hydrogens (tertiary/aromatic N) is 2. The average molecular weight is 549 g/mol. The van der Waals surface area contributed by atoms with Crippen LogP contribution in [0.25, 0.3) is 0 Å². The highest BCUT2D eigenvalue weighted by atomic mass is 35.5. The second-order valence-electron chi connectivity index (χ2n) is 7.41. The first-order chi connectivity index (χ1) is 15.7. The first-order valence-corrected chi connectivity index (χ1v) is 10.9. The minimum Gasteiger partial charge on any atom is -0.406 e. The predicted octanol–water partition coefficient (Wildman–Crippen LogP) is 4.06. The third-order valence-corrected chi connectivity index (χ3v) is 6.17. The van der Waals surface area contributed by atoms with E-state index in [2.05, 4.69) is 15.0 Å². The van der Waals surface area contributed by atoms with E-state index in [9.17, 15) is 22.8 Å². The first-order valence-electron chi connectivity index (χ1n) is 9.87. The van der Waals surface area contributed by atoms with Crippen molar-refractivity contribution in [2.45, 2.75) is 25.0 Å². The van der Waals surface area contributed by atoms with Gasteiger partial charge in [-0.1, -0.05) is 12.1 Å². The lowest BCUT2D eigenvalue weighted by molar-refractivity contribution is -0.274. The summed E-state index contributed by atoms with van der Waals surface area (Å²) in [7, 11) is 0. The Kier molecular flexibility index (Phi) is 9.61. The van der Waals surface area contributed by atoms with Crippen molar-refractivity contribution in [1.29, 1.82) is 0 Å². The lowest BCUT2D eigenvalue weighted by atomic mass is 9.98. The van der Waals surface area contributed by atoms with Gasteiger partial charge in [0.2, 0.25) is 0 Å². The summed E-state index contributed by atoms with van der Waals surface area (Å²) in [6, 6.07) is 7.42. The Morgan fingerprint density at radius 2 is 1.94 bits per heavy atom. The van der Waals surface area contributed by atoms with Gasteiger partial charge in [-0.3, -0.25) is 14.6 Å². The molecule has 1 fully saturated rings. The fourth-order valence-electron chi connectivity index (χ4n) is 3.49. The van der Waals surface area contributed by atoms with Crippen molar-refractivity contribution in [3.63, 3.8) is 0 Å². The van der Waals surface area contributed by atoms with Crippen molar-refractivity contribution >= 4 is 54.0 Å². The highest BCUT2D eigenvalue weighted by Crippen LogP contribution is 2.36. The van der Waals surface area contributed by atoms with Crippen LogP contribution >= 0.6 is 36.6 Å². The number of thioether (sulfide) groups is 1. The summed E-state index contributed by atoms with van der Waals surface area (Å²) in [4.78, 5) is 32.0. The molecule has 2 aliphatic rings.